The van der Waals surface area contributed by atoms with E-state index in [0.717, 1.165) is 18.3 Å². The molecule has 9 heteroatoms. The first kappa shape index (κ1) is 14.7. The minimum absolute atomic E-state index is 0.213. The summed E-state index contributed by atoms with van der Waals surface area (Å²) in [6.45, 7) is 0. The van der Waals surface area contributed by atoms with E-state index in [1.54, 1.807) is 0 Å². The normalized spacial score (nSPS) is 11.3. The molecule has 5 nitrogen and oxygen atoms in total. The van der Waals surface area contributed by atoms with E-state index >= 15 is 0 Å². The SMILES string of the molecule is Nc1ccc(F)c(F)c1NS(=O)(=O)c1cncc(Br)c1. The molecule has 2 aromatic rings. The van der Waals surface area contributed by atoms with Crippen molar-refractivity contribution in [3.05, 3.63) is 46.7 Å². The van der Waals surface area contributed by atoms with Gasteiger partial charge in [0.25, 0.3) is 10.0 Å². The smallest absolute Gasteiger partial charge is 0.263 e. The maximum Gasteiger partial charge on any atom is 0.263 e. The van der Waals surface area contributed by atoms with Crippen molar-refractivity contribution < 1.29 is 17.2 Å². The average Bonchev–Trinajstić information content (AvgIpc) is 2.39. The maximum atomic E-state index is 13.6. The first-order valence-electron chi connectivity index (χ1n) is 5.18. The Bertz CT molecular complexity index is 768. The zero-order valence-corrected chi connectivity index (χ0v) is 12.2. The van der Waals surface area contributed by atoms with E-state index in [-0.39, 0.29) is 10.6 Å². The molecule has 0 bridgehead atoms. The molecule has 106 valence electrons. The van der Waals surface area contributed by atoms with Gasteiger partial charge >= 0.3 is 0 Å². The lowest BCUT2D eigenvalue weighted by atomic mass is 10.2. The number of hydrogen-bond acceptors (Lipinski definition) is 4. The molecule has 0 amide bonds. The van der Waals surface area contributed by atoms with Crippen LogP contribution in [0.3, 0.4) is 0 Å². The zero-order valence-electron chi connectivity index (χ0n) is 9.77. The topological polar surface area (TPSA) is 85.1 Å². The molecule has 0 atom stereocenters. The van der Waals surface area contributed by atoms with E-state index in [4.69, 9.17) is 5.73 Å². The van der Waals surface area contributed by atoms with Crippen LogP contribution >= 0.6 is 15.9 Å². The molecular weight excluding hydrogens is 356 g/mol. The van der Waals surface area contributed by atoms with Crippen molar-refractivity contribution in [2.45, 2.75) is 4.90 Å². The maximum absolute atomic E-state index is 13.6. The number of rotatable bonds is 3. The van der Waals surface area contributed by atoms with Crippen molar-refractivity contribution in [3.8, 4) is 0 Å². The molecule has 20 heavy (non-hydrogen) atoms. The third-order valence-corrected chi connectivity index (χ3v) is 4.10. The van der Waals surface area contributed by atoms with Gasteiger partial charge in [0.1, 0.15) is 10.6 Å². The van der Waals surface area contributed by atoms with Gasteiger partial charge in [-0.25, -0.2) is 17.2 Å². The number of aromatic nitrogens is 1. The van der Waals surface area contributed by atoms with Gasteiger partial charge < -0.3 is 5.73 Å². The van der Waals surface area contributed by atoms with Crippen molar-refractivity contribution >= 4 is 37.3 Å². The first-order valence-corrected chi connectivity index (χ1v) is 7.46. The zero-order chi connectivity index (χ0) is 14.9. The van der Waals surface area contributed by atoms with Gasteiger partial charge in [0.15, 0.2) is 11.6 Å². The molecule has 3 N–H and O–H groups in total. The van der Waals surface area contributed by atoms with Crippen LogP contribution < -0.4 is 10.5 Å². The monoisotopic (exact) mass is 363 g/mol. The Labute approximate surface area is 122 Å². The number of halogens is 3. The van der Waals surface area contributed by atoms with Crippen LogP contribution in [0.15, 0.2) is 40.0 Å². The summed E-state index contributed by atoms with van der Waals surface area (Å²) in [5, 5.41) is 0. The Balaban J connectivity index is 2.47. The van der Waals surface area contributed by atoms with Crippen LogP contribution in [-0.4, -0.2) is 13.4 Å². The van der Waals surface area contributed by atoms with E-state index in [2.05, 4.69) is 20.9 Å². The fourth-order valence-corrected chi connectivity index (χ4v) is 2.99. The highest BCUT2D eigenvalue weighted by molar-refractivity contribution is 9.10. The van der Waals surface area contributed by atoms with Crippen LogP contribution in [0, 0.1) is 11.6 Å². The van der Waals surface area contributed by atoms with Gasteiger partial charge in [0, 0.05) is 16.9 Å². The third kappa shape index (κ3) is 2.88. The molecular formula is C11H8BrF2N3O2S. The third-order valence-electron chi connectivity index (χ3n) is 2.35. The van der Waals surface area contributed by atoms with Crippen LogP contribution in [-0.2, 0) is 10.0 Å². The summed E-state index contributed by atoms with van der Waals surface area (Å²) in [5.74, 6) is -2.57. The molecule has 0 aliphatic carbocycles. The van der Waals surface area contributed by atoms with Gasteiger partial charge in [0.05, 0.1) is 5.69 Å². The minimum atomic E-state index is -4.13. The molecule has 0 fully saturated rings. The van der Waals surface area contributed by atoms with Crippen LogP contribution in [0.1, 0.15) is 0 Å². The van der Waals surface area contributed by atoms with Crippen molar-refractivity contribution in [2.75, 3.05) is 10.5 Å². The molecule has 0 aliphatic heterocycles. The number of hydrogen-bond donors (Lipinski definition) is 2. The molecule has 1 aromatic heterocycles. The van der Waals surface area contributed by atoms with Crippen LogP contribution in [0.25, 0.3) is 0 Å². The molecule has 0 aliphatic rings. The molecule has 1 aromatic carbocycles. The lowest BCUT2D eigenvalue weighted by Crippen LogP contribution is -2.16. The lowest BCUT2D eigenvalue weighted by molar-refractivity contribution is 0.512. The highest BCUT2D eigenvalue weighted by atomic mass is 79.9. The summed E-state index contributed by atoms with van der Waals surface area (Å²) in [5.41, 5.74) is 4.59. The molecule has 0 unspecified atom stereocenters. The Kier molecular flexibility index (Phi) is 3.91. The van der Waals surface area contributed by atoms with Gasteiger partial charge in [0.2, 0.25) is 0 Å². The van der Waals surface area contributed by atoms with Crippen LogP contribution in [0.2, 0.25) is 0 Å². The number of benzene rings is 1. The number of sulfonamides is 1. The Morgan fingerprint density at radius 3 is 2.60 bits per heavy atom. The van der Waals surface area contributed by atoms with E-state index < -0.39 is 27.3 Å². The van der Waals surface area contributed by atoms with Gasteiger partial charge in [-0.1, -0.05) is 0 Å². The summed E-state index contributed by atoms with van der Waals surface area (Å²) in [6.07, 6.45) is 2.45. The van der Waals surface area contributed by atoms with Crippen molar-refractivity contribution in [1.29, 1.82) is 0 Å². The van der Waals surface area contributed by atoms with E-state index in [1.165, 1.54) is 12.3 Å². The first-order chi connectivity index (χ1) is 9.31. The van der Waals surface area contributed by atoms with Gasteiger partial charge in [-0.05, 0) is 34.1 Å². The predicted molar refractivity (Wildman–Crippen MR) is 73.5 cm³/mol. The summed E-state index contributed by atoms with van der Waals surface area (Å²) < 4.78 is 53.1. The summed E-state index contributed by atoms with van der Waals surface area (Å²) in [7, 11) is -4.13. The van der Waals surface area contributed by atoms with E-state index in [0.29, 0.717) is 4.47 Å². The Morgan fingerprint density at radius 2 is 1.95 bits per heavy atom. The second-order valence-electron chi connectivity index (χ2n) is 3.77. The highest BCUT2D eigenvalue weighted by Crippen LogP contribution is 2.27. The molecule has 2 rings (SSSR count). The van der Waals surface area contributed by atoms with Gasteiger partial charge in [-0.15, -0.1) is 0 Å². The fourth-order valence-electron chi connectivity index (χ4n) is 1.40. The second-order valence-corrected chi connectivity index (χ2v) is 6.37. The van der Waals surface area contributed by atoms with Gasteiger partial charge in [-0.2, -0.15) is 0 Å². The number of anilines is 2. The average molecular weight is 364 g/mol. The van der Waals surface area contributed by atoms with Crippen molar-refractivity contribution in [3.63, 3.8) is 0 Å². The molecule has 0 saturated carbocycles. The summed E-state index contributed by atoms with van der Waals surface area (Å²) >= 11 is 3.07. The largest absolute Gasteiger partial charge is 0.397 e. The molecule has 0 radical (unpaired) electrons. The van der Waals surface area contributed by atoms with Crippen LogP contribution in [0.5, 0.6) is 0 Å². The van der Waals surface area contributed by atoms with E-state index in [9.17, 15) is 17.2 Å². The van der Waals surface area contributed by atoms with Gasteiger partial charge in [-0.3, -0.25) is 9.71 Å². The number of nitrogens with two attached hydrogens (primary N) is 1. The summed E-state index contributed by atoms with van der Waals surface area (Å²) in [6, 6.07) is 3.14. The molecule has 0 saturated heterocycles. The summed E-state index contributed by atoms with van der Waals surface area (Å²) in [4.78, 5) is 3.48. The molecule has 1 heterocycles. The standard InChI is InChI=1S/C11H8BrF2N3O2S/c12-6-3-7(5-16-4-6)20(18,19)17-11-9(15)2-1-8(13)10(11)14/h1-5,17H,15H2. The number of nitrogen functional groups attached to an aromatic ring is 1. The number of pyridine rings is 1. The van der Waals surface area contributed by atoms with Crippen LogP contribution in [0.4, 0.5) is 20.2 Å². The molecule has 0 spiro atoms. The quantitative estimate of drug-likeness (QED) is 0.820. The minimum Gasteiger partial charge on any atom is -0.397 e. The second kappa shape index (κ2) is 5.33. The Hall–Kier alpha value is -1.74. The highest BCUT2D eigenvalue weighted by Gasteiger charge is 2.20. The van der Waals surface area contributed by atoms with E-state index in [1.807, 2.05) is 4.72 Å². The number of nitrogens with one attached hydrogen (secondary N) is 1. The fraction of sp³-hybridized carbons (Fsp3) is 0. The number of nitrogens with zero attached hydrogens (tertiary/aromatic N) is 1. The van der Waals surface area contributed by atoms with Crippen molar-refractivity contribution in [2.24, 2.45) is 0 Å². The predicted octanol–water partition coefficient (Wildman–Crippen LogP) is 2.51. The van der Waals surface area contributed by atoms with Crippen molar-refractivity contribution in [1.82, 2.24) is 4.98 Å². The lowest BCUT2D eigenvalue weighted by Gasteiger charge is -2.11. The Morgan fingerprint density at radius 1 is 1.25 bits per heavy atom.